The third-order valence-electron chi connectivity index (χ3n) is 4.71. The van der Waals surface area contributed by atoms with Gasteiger partial charge in [0.05, 0.1) is 0 Å². The van der Waals surface area contributed by atoms with E-state index in [1.54, 1.807) is 22.3 Å². The van der Waals surface area contributed by atoms with E-state index in [-0.39, 0.29) is 0 Å². The van der Waals surface area contributed by atoms with Crippen molar-refractivity contribution in [3.05, 3.63) is 70.8 Å². The summed E-state index contributed by atoms with van der Waals surface area (Å²) in [5, 5.41) is 0. The molecule has 0 bridgehead atoms. The van der Waals surface area contributed by atoms with Crippen LogP contribution in [0.25, 0.3) is 0 Å². The Morgan fingerprint density at radius 2 is 0.724 bits per heavy atom. The smallest absolute Gasteiger partial charge is 0.0214 e. The van der Waals surface area contributed by atoms with Crippen LogP contribution in [0.4, 0.5) is 0 Å². The zero-order chi connectivity index (χ0) is 23.3. The van der Waals surface area contributed by atoms with Gasteiger partial charge in [-0.1, -0.05) is 132 Å². The fourth-order valence-corrected chi connectivity index (χ4v) is 3.92. The molecule has 0 unspecified atom stereocenters. The van der Waals surface area contributed by atoms with Crippen LogP contribution in [0.5, 0.6) is 0 Å². The van der Waals surface area contributed by atoms with Gasteiger partial charge >= 0.3 is 0 Å². The van der Waals surface area contributed by atoms with Crippen LogP contribution in [-0.2, 0) is 18.3 Å². The maximum absolute atomic E-state index is 2.35. The fourth-order valence-electron chi connectivity index (χ4n) is 3.92. The van der Waals surface area contributed by atoms with Gasteiger partial charge in [0.15, 0.2) is 0 Å². The SMILES string of the molecule is CC.CC.CC.CC.CC.CC.c1ccc2c(c1)CCC21CCc2ccccc21. The number of aryl methyl sites for hydroxylation is 2. The van der Waals surface area contributed by atoms with Crippen molar-refractivity contribution in [3.8, 4) is 0 Å². The van der Waals surface area contributed by atoms with Crippen LogP contribution >= 0.6 is 0 Å². The Hall–Kier alpha value is -1.56. The summed E-state index contributed by atoms with van der Waals surface area (Å²) in [6.07, 6.45) is 5.13. The van der Waals surface area contributed by atoms with Crippen molar-refractivity contribution in [1.82, 2.24) is 0 Å². The van der Waals surface area contributed by atoms with Crippen LogP contribution in [0.1, 0.15) is 118 Å². The van der Waals surface area contributed by atoms with Crippen molar-refractivity contribution in [1.29, 1.82) is 0 Å². The number of benzene rings is 2. The van der Waals surface area contributed by atoms with Crippen LogP contribution in [0.15, 0.2) is 48.5 Å². The van der Waals surface area contributed by atoms with Crippen molar-refractivity contribution in [2.24, 2.45) is 0 Å². The Kier molecular flexibility index (Phi) is 23.4. The minimum Gasteiger partial charge on any atom is -0.0683 e. The largest absolute Gasteiger partial charge is 0.0683 e. The molecule has 0 heteroatoms. The Morgan fingerprint density at radius 3 is 1.03 bits per heavy atom. The lowest BCUT2D eigenvalue weighted by molar-refractivity contribution is 0.507. The van der Waals surface area contributed by atoms with Gasteiger partial charge in [0.1, 0.15) is 0 Å². The third kappa shape index (κ3) is 8.00. The molecular weight excluding hydrogens is 348 g/mol. The molecule has 2 aliphatic rings. The van der Waals surface area contributed by atoms with Gasteiger partial charge in [0.25, 0.3) is 0 Å². The lowest BCUT2D eigenvalue weighted by Gasteiger charge is -2.26. The van der Waals surface area contributed by atoms with E-state index in [4.69, 9.17) is 0 Å². The van der Waals surface area contributed by atoms with E-state index >= 15 is 0 Å². The van der Waals surface area contributed by atoms with E-state index in [0.29, 0.717) is 5.41 Å². The Balaban J connectivity index is -0.000000491. The van der Waals surface area contributed by atoms with Crippen LogP contribution in [0.3, 0.4) is 0 Å². The minimum atomic E-state index is 0.354. The molecule has 29 heavy (non-hydrogen) atoms. The average molecular weight is 401 g/mol. The summed E-state index contributed by atoms with van der Waals surface area (Å²) in [6.45, 7) is 24.0. The molecule has 2 aromatic carbocycles. The molecule has 0 fully saturated rings. The third-order valence-corrected chi connectivity index (χ3v) is 4.71. The topological polar surface area (TPSA) is 0 Å². The van der Waals surface area contributed by atoms with E-state index in [0.717, 1.165) is 0 Å². The Bertz CT molecular complexity index is 527. The molecule has 0 radical (unpaired) electrons. The van der Waals surface area contributed by atoms with Crippen LogP contribution in [0.2, 0.25) is 0 Å². The van der Waals surface area contributed by atoms with Gasteiger partial charge in [0.2, 0.25) is 0 Å². The summed E-state index contributed by atoms with van der Waals surface area (Å²) in [7, 11) is 0. The van der Waals surface area contributed by atoms with E-state index in [1.807, 2.05) is 83.1 Å². The molecule has 168 valence electrons. The average Bonchev–Trinajstić information content (AvgIpc) is 3.44. The summed E-state index contributed by atoms with van der Waals surface area (Å²) in [6, 6.07) is 18.1. The molecule has 0 saturated heterocycles. The second kappa shape index (κ2) is 21.2. The first kappa shape index (κ1) is 32.1. The van der Waals surface area contributed by atoms with Gasteiger partial charge in [-0.2, -0.15) is 0 Å². The molecule has 0 aromatic heterocycles. The van der Waals surface area contributed by atoms with E-state index in [1.165, 1.54) is 25.7 Å². The Labute approximate surface area is 185 Å². The van der Waals surface area contributed by atoms with Gasteiger partial charge in [0, 0.05) is 5.41 Å². The van der Waals surface area contributed by atoms with Crippen LogP contribution in [-0.4, -0.2) is 0 Å². The predicted molar refractivity (Wildman–Crippen MR) is 138 cm³/mol. The maximum atomic E-state index is 2.35. The monoisotopic (exact) mass is 400 g/mol. The van der Waals surface area contributed by atoms with Crippen molar-refractivity contribution >= 4 is 0 Å². The maximum Gasteiger partial charge on any atom is 0.0214 e. The van der Waals surface area contributed by atoms with Crippen LogP contribution < -0.4 is 0 Å². The highest BCUT2D eigenvalue weighted by molar-refractivity contribution is 5.53. The number of fused-ring (bicyclic) bond motifs is 4. The molecule has 0 heterocycles. The molecule has 0 N–H and O–H groups in total. The summed E-state index contributed by atoms with van der Waals surface area (Å²) < 4.78 is 0. The van der Waals surface area contributed by atoms with Crippen molar-refractivity contribution in [2.45, 2.75) is 114 Å². The number of hydrogen-bond donors (Lipinski definition) is 0. The van der Waals surface area contributed by atoms with Gasteiger partial charge < -0.3 is 0 Å². The number of rotatable bonds is 0. The quantitative estimate of drug-likeness (QED) is 0.412. The van der Waals surface area contributed by atoms with Crippen LogP contribution in [0, 0.1) is 0 Å². The first-order valence-electron chi connectivity index (χ1n) is 12.6. The summed E-state index contributed by atoms with van der Waals surface area (Å²) in [5.74, 6) is 0. The highest BCUT2D eigenvalue weighted by atomic mass is 14.5. The first-order chi connectivity index (χ1) is 14.4. The normalized spacial score (nSPS) is 12.6. The molecule has 4 rings (SSSR count). The van der Waals surface area contributed by atoms with Crippen molar-refractivity contribution in [2.75, 3.05) is 0 Å². The molecule has 0 nitrogen and oxygen atoms in total. The second-order valence-electron chi connectivity index (χ2n) is 5.40. The summed E-state index contributed by atoms with van der Waals surface area (Å²) >= 11 is 0. The first-order valence-corrected chi connectivity index (χ1v) is 12.6. The van der Waals surface area contributed by atoms with E-state index in [9.17, 15) is 0 Å². The highest BCUT2D eigenvalue weighted by Crippen LogP contribution is 2.51. The molecule has 0 aliphatic heterocycles. The molecule has 0 atom stereocenters. The van der Waals surface area contributed by atoms with Crippen molar-refractivity contribution < 1.29 is 0 Å². The number of hydrogen-bond acceptors (Lipinski definition) is 0. The molecule has 0 amide bonds. The second-order valence-corrected chi connectivity index (χ2v) is 5.40. The molecule has 1 spiro atoms. The molecule has 0 saturated carbocycles. The van der Waals surface area contributed by atoms with Gasteiger partial charge in [-0.05, 0) is 47.9 Å². The standard InChI is InChI=1S/C17H16.6C2H6/c1-3-7-15-13(5-1)9-11-17(15)12-10-14-6-2-4-8-16(14)17;6*1-2/h1-8H,9-12H2;6*1-2H3. The van der Waals surface area contributed by atoms with Gasteiger partial charge in [-0.3, -0.25) is 0 Å². The zero-order valence-electron chi connectivity index (χ0n) is 21.9. The Morgan fingerprint density at radius 1 is 0.448 bits per heavy atom. The van der Waals surface area contributed by atoms with Crippen molar-refractivity contribution in [3.63, 3.8) is 0 Å². The van der Waals surface area contributed by atoms with Gasteiger partial charge in [-0.15, -0.1) is 0 Å². The lowest BCUT2D eigenvalue weighted by Crippen LogP contribution is -2.20. The molecule has 2 aliphatic carbocycles. The minimum absolute atomic E-state index is 0.354. The highest BCUT2D eigenvalue weighted by Gasteiger charge is 2.43. The van der Waals surface area contributed by atoms with E-state index in [2.05, 4.69) is 48.5 Å². The summed E-state index contributed by atoms with van der Waals surface area (Å²) in [5.41, 5.74) is 6.70. The van der Waals surface area contributed by atoms with E-state index < -0.39 is 0 Å². The molecule has 2 aromatic rings. The fraction of sp³-hybridized carbons (Fsp3) is 0.586. The predicted octanol–water partition coefficient (Wildman–Crippen LogP) is 10.0. The zero-order valence-corrected chi connectivity index (χ0v) is 21.9. The molecular formula is C29H52. The van der Waals surface area contributed by atoms with Gasteiger partial charge in [-0.25, -0.2) is 0 Å². The summed E-state index contributed by atoms with van der Waals surface area (Å²) in [4.78, 5) is 0. The lowest BCUT2D eigenvalue weighted by atomic mass is 9.77.